The van der Waals surface area contributed by atoms with Crippen LogP contribution in [0.1, 0.15) is 36.1 Å². The molecule has 4 heteroatoms. The van der Waals surface area contributed by atoms with Gasteiger partial charge in [0.05, 0.1) is 0 Å². The minimum absolute atomic E-state index is 0.0338. The maximum Gasteiger partial charge on any atom is 0.126 e. The van der Waals surface area contributed by atoms with E-state index in [1.807, 2.05) is 24.3 Å². The summed E-state index contributed by atoms with van der Waals surface area (Å²) in [5.74, 6) is 0.364. The fourth-order valence-electron chi connectivity index (χ4n) is 2.30. The number of nitrogen functional groups attached to an aromatic ring is 1. The number of rotatable bonds is 6. The highest BCUT2D eigenvalue weighted by atomic mass is 19.1. The molecule has 0 aliphatic heterocycles. The lowest BCUT2D eigenvalue weighted by Gasteiger charge is -2.20. The summed E-state index contributed by atoms with van der Waals surface area (Å²) in [7, 11) is 0. The standard InChI is InChI=1S/C17H22FN3/c1-3-8-20-16(11-14-5-4-9-21-17(14)19)13-7-6-12(2)15(18)10-13/h4-7,9-10,16,20H,3,8,11H2,1-2H3,(H2,19,21). The molecule has 2 rings (SSSR count). The number of halogens is 1. The van der Waals surface area contributed by atoms with E-state index >= 15 is 0 Å². The van der Waals surface area contributed by atoms with Crippen LogP contribution in [0.3, 0.4) is 0 Å². The largest absolute Gasteiger partial charge is 0.383 e. The van der Waals surface area contributed by atoms with E-state index in [0.717, 1.165) is 24.1 Å². The van der Waals surface area contributed by atoms with Gasteiger partial charge in [0.25, 0.3) is 0 Å². The Morgan fingerprint density at radius 2 is 2.14 bits per heavy atom. The second kappa shape index (κ2) is 7.18. The summed E-state index contributed by atoms with van der Waals surface area (Å²) in [4.78, 5) is 4.11. The van der Waals surface area contributed by atoms with E-state index in [2.05, 4.69) is 17.2 Å². The average Bonchev–Trinajstić information content (AvgIpc) is 2.48. The quantitative estimate of drug-likeness (QED) is 0.856. The van der Waals surface area contributed by atoms with Crippen molar-refractivity contribution in [1.29, 1.82) is 0 Å². The Balaban J connectivity index is 2.25. The van der Waals surface area contributed by atoms with Crippen molar-refractivity contribution in [3.8, 4) is 0 Å². The molecular formula is C17H22FN3. The summed E-state index contributed by atoms with van der Waals surface area (Å²) in [6.07, 6.45) is 3.40. The molecule has 0 bridgehead atoms. The van der Waals surface area contributed by atoms with E-state index in [1.165, 1.54) is 0 Å². The molecule has 0 saturated heterocycles. The molecule has 0 aliphatic rings. The fourth-order valence-corrected chi connectivity index (χ4v) is 2.30. The van der Waals surface area contributed by atoms with Gasteiger partial charge in [-0.15, -0.1) is 0 Å². The van der Waals surface area contributed by atoms with E-state index in [1.54, 1.807) is 19.2 Å². The lowest BCUT2D eigenvalue weighted by atomic mass is 9.98. The van der Waals surface area contributed by atoms with E-state index in [9.17, 15) is 4.39 Å². The first-order chi connectivity index (χ1) is 10.1. The SMILES string of the molecule is CCCNC(Cc1cccnc1N)c1ccc(C)c(F)c1. The molecule has 0 aliphatic carbocycles. The molecule has 0 saturated carbocycles. The molecule has 1 unspecified atom stereocenters. The Hall–Kier alpha value is -1.94. The number of anilines is 1. The van der Waals surface area contributed by atoms with Gasteiger partial charge < -0.3 is 11.1 Å². The zero-order valence-corrected chi connectivity index (χ0v) is 12.6. The first-order valence-electron chi connectivity index (χ1n) is 7.30. The van der Waals surface area contributed by atoms with E-state index in [0.29, 0.717) is 17.8 Å². The third-order valence-corrected chi connectivity index (χ3v) is 3.59. The smallest absolute Gasteiger partial charge is 0.126 e. The van der Waals surface area contributed by atoms with Crippen LogP contribution in [0.4, 0.5) is 10.2 Å². The number of nitrogens with one attached hydrogen (secondary N) is 1. The summed E-state index contributed by atoms with van der Waals surface area (Å²) in [5.41, 5.74) is 8.50. The lowest BCUT2D eigenvalue weighted by molar-refractivity contribution is 0.523. The summed E-state index contributed by atoms with van der Waals surface area (Å²) >= 11 is 0. The molecule has 21 heavy (non-hydrogen) atoms. The number of aryl methyl sites for hydroxylation is 1. The molecule has 1 aromatic carbocycles. The van der Waals surface area contributed by atoms with Crippen LogP contribution in [0.2, 0.25) is 0 Å². The predicted octanol–water partition coefficient (Wildman–Crippen LogP) is 3.39. The third kappa shape index (κ3) is 4.02. The van der Waals surface area contributed by atoms with E-state index < -0.39 is 0 Å². The molecule has 3 N–H and O–H groups in total. The maximum absolute atomic E-state index is 13.8. The van der Waals surface area contributed by atoms with Crippen molar-refractivity contribution in [3.05, 3.63) is 59.0 Å². The fraction of sp³-hybridized carbons (Fsp3) is 0.353. The molecule has 2 aromatic rings. The van der Waals surface area contributed by atoms with Gasteiger partial charge in [0.2, 0.25) is 0 Å². The highest BCUT2D eigenvalue weighted by Crippen LogP contribution is 2.22. The van der Waals surface area contributed by atoms with Gasteiger partial charge in [0.15, 0.2) is 0 Å². The van der Waals surface area contributed by atoms with Crippen LogP contribution in [0, 0.1) is 12.7 Å². The molecule has 0 radical (unpaired) electrons. The molecule has 1 aromatic heterocycles. The Morgan fingerprint density at radius 3 is 2.81 bits per heavy atom. The maximum atomic E-state index is 13.8. The molecule has 1 atom stereocenters. The van der Waals surface area contributed by atoms with E-state index in [4.69, 9.17) is 5.73 Å². The monoisotopic (exact) mass is 287 g/mol. The van der Waals surface area contributed by atoms with Crippen LogP contribution < -0.4 is 11.1 Å². The van der Waals surface area contributed by atoms with Gasteiger partial charge >= 0.3 is 0 Å². The van der Waals surface area contributed by atoms with Crippen molar-refractivity contribution >= 4 is 5.82 Å². The zero-order chi connectivity index (χ0) is 15.2. The highest BCUT2D eigenvalue weighted by Gasteiger charge is 2.14. The normalized spacial score (nSPS) is 12.3. The topological polar surface area (TPSA) is 50.9 Å². The van der Waals surface area contributed by atoms with Crippen LogP contribution in [0.5, 0.6) is 0 Å². The number of hydrogen-bond donors (Lipinski definition) is 2. The molecule has 0 fully saturated rings. The van der Waals surface area contributed by atoms with Crippen LogP contribution in [-0.2, 0) is 6.42 Å². The Morgan fingerprint density at radius 1 is 1.33 bits per heavy atom. The Kier molecular flexibility index (Phi) is 5.28. The summed E-state index contributed by atoms with van der Waals surface area (Å²) in [6, 6.07) is 9.27. The number of aromatic nitrogens is 1. The third-order valence-electron chi connectivity index (χ3n) is 3.59. The second-order valence-corrected chi connectivity index (χ2v) is 5.27. The molecule has 112 valence electrons. The van der Waals surface area contributed by atoms with Gasteiger partial charge in [0, 0.05) is 12.2 Å². The van der Waals surface area contributed by atoms with Crippen molar-refractivity contribution in [2.45, 2.75) is 32.7 Å². The number of pyridine rings is 1. The summed E-state index contributed by atoms with van der Waals surface area (Å²) in [5, 5.41) is 3.46. The number of nitrogens with two attached hydrogens (primary N) is 1. The van der Waals surface area contributed by atoms with Crippen molar-refractivity contribution in [2.24, 2.45) is 0 Å². The second-order valence-electron chi connectivity index (χ2n) is 5.27. The van der Waals surface area contributed by atoms with Gasteiger partial charge in [-0.1, -0.05) is 25.1 Å². The zero-order valence-electron chi connectivity index (χ0n) is 12.6. The van der Waals surface area contributed by atoms with Crippen LogP contribution in [0.15, 0.2) is 36.5 Å². The first kappa shape index (κ1) is 15.4. The molecule has 0 spiro atoms. The van der Waals surface area contributed by atoms with Gasteiger partial charge in [-0.2, -0.15) is 0 Å². The van der Waals surface area contributed by atoms with E-state index in [-0.39, 0.29) is 11.9 Å². The number of nitrogens with zero attached hydrogens (tertiary/aromatic N) is 1. The summed E-state index contributed by atoms with van der Waals surface area (Å²) < 4.78 is 13.8. The minimum Gasteiger partial charge on any atom is -0.383 e. The minimum atomic E-state index is -0.171. The Bertz CT molecular complexity index is 598. The highest BCUT2D eigenvalue weighted by molar-refractivity contribution is 5.40. The Labute approximate surface area is 125 Å². The lowest BCUT2D eigenvalue weighted by Crippen LogP contribution is -2.24. The summed E-state index contributed by atoms with van der Waals surface area (Å²) in [6.45, 7) is 4.76. The first-order valence-corrected chi connectivity index (χ1v) is 7.30. The average molecular weight is 287 g/mol. The number of benzene rings is 1. The molecule has 0 amide bonds. The van der Waals surface area contributed by atoms with Crippen molar-refractivity contribution in [2.75, 3.05) is 12.3 Å². The van der Waals surface area contributed by atoms with Gasteiger partial charge in [0.1, 0.15) is 11.6 Å². The van der Waals surface area contributed by atoms with Gasteiger partial charge in [-0.3, -0.25) is 0 Å². The van der Waals surface area contributed by atoms with Gasteiger partial charge in [-0.05, 0) is 55.1 Å². The van der Waals surface area contributed by atoms with Crippen molar-refractivity contribution < 1.29 is 4.39 Å². The molecular weight excluding hydrogens is 265 g/mol. The van der Waals surface area contributed by atoms with Crippen LogP contribution in [0.25, 0.3) is 0 Å². The molecule has 3 nitrogen and oxygen atoms in total. The van der Waals surface area contributed by atoms with Crippen LogP contribution >= 0.6 is 0 Å². The van der Waals surface area contributed by atoms with Crippen LogP contribution in [-0.4, -0.2) is 11.5 Å². The van der Waals surface area contributed by atoms with Crippen molar-refractivity contribution in [1.82, 2.24) is 10.3 Å². The number of hydrogen-bond acceptors (Lipinski definition) is 3. The van der Waals surface area contributed by atoms with Gasteiger partial charge in [-0.25, -0.2) is 9.37 Å². The van der Waals surface area contributed by atoms with Crippen molar-refractivity contribution in [3.63, 3.8) is 0 Å². The predicted molar refractivity (Wildman–Crippen MR) is 84.5 cm³/mol. The molecule has 1 heterocycles.